The van der Waals surface area contributed by atoms with Crippen molar-refractivity contribution in [1.29, 1.82) is 0 Å². The molecule has 1 fully saturated rings. The Kier molecular flexibility index (Phi) is 6.07. The van der Waals surface area contributed by atoms with Gasteiger partial charge in [-0.1, -0.05) is 26.7 Å². The summed E-state index contributed by atoms with van der Waals surface area (Å²) in [6, 6.07) is 1.24. The molecule has 0 radical (unpaired) electrons. The van der Waals surface area contributed by atoms with Crippen molar-refractivity contribution in [2.45, 2.75) is 56.6 Å². The van der Waals surface area contributed by atoms with Crippen LogP contribution in [0.5, 0.6) is 0 Å². The summed E-state index contributed by atoms with van der Waals surface area (Å²) < 4.78 is 41.0. The Morgan fingerprint density at radius 1 is 1.54 bits per heavy atom. The van der Waals surface area contributed by atoms with Crippen LogP contribution in [0.1, 0.15) is 32.9 Å². The van der Waals surface area contributed by atoms with Crippen molar-refractivity contribution in [3.63, 3.8) is 0 Å². The Labute approximate surface area is 140 Å². The van der Waals surface area contributed by atoms with Crippen LogP contribution in [-0.4, -0.2) is 49.2 Å². The number of hydrogen-bond acceptors (Lipinski definition) is 6. The molecule has 1 saturated heterocycles. The molecule has 2 rings (SSSR count). The number of ether oxygens (including phenoxy) is 1. The first-order valence-electron chi connectivity index (χ1n) is 7.95. The highest BCUT2D eigenvalue weighted by molar-refractivity contribution is 6.29. The first-order valence-corrected chi connectivity index (χ1v) is 9.34. The van der Waals surface area contributed by atoms with Crippen molar-refractivity contribution in [2.75, 3.05) is 12.3 Å². The Bertz CT molecular complexity index is 612. The molecule has 3 N–H and O–H groups in total. The quantitative estimate of drug-likeness (QED) is 0.682. The number of hydrogen-bond donors (Lipinski definition) is 2. The van der Waals surface area contributed by atoms with E-state index in [1.807, 2.05) is 13.8 Å². The van der Waals surface area contributed by atoms with Gasteiger partial charge in [-0.3, -0.25) is 4.57 Å². The minimum Gasteiger partial charge on any atom is -0.412 e. The van der Waals surface area contributed by atoms with Gasteiger partial charge in [-0.25, -0.2) is 4.79 Å². The minimum absolute atomic E-state index is 0.0646. The number of nitrogen functional groups attached to an aromatic ring is 1. The number of aromatic nitrogens is 2. The Hall–Kier alpha value is -1.36. The molecule has 0 bridgehead atoms. The lowest BCUT2D eigenvalue weighted by Gasteiger charge is -2.26. The molecule has 1 aliphatic heterocycles. The average Bonchev–Trinajstić information content (AvgIpc) is 2.79. The Morgan fingerprint density at radius 2 is 2.21 bits per heavy atom. The van der Waals surface area contributed by atoms with E-state index in [9.17, 15) is 18.7 Å². The summed E-state index contributed by atoms with van der Waals surface area (Å²) in [5, 5.41) is 9.38. The normalized spacial score (nSPS) is 26.7. The second-order valence-corrected chi connectivity index (χ2v) is 7.68. The topological polar surface area (TPSA) is 99.6 Å². The van der Waals surface area contributed by atoms with Gasteiger partial charge in [0, 0.05) is 6.20 Å². The van der Waals surface area contributed by atoms with Gasteiger partial charge < -0.3 is 20.0 Å². The van der Waals surface area contributed by atoms with Crippen molar-refractivity contribution >= 4 is 15.6 Å². The van der Waals surface area contributed by atoms with Gasteiger partial charge in [-0.05, 0) is 11.6 Å². The van der Waals surface area contributed by atoms with Crippen LogP contribution in [0.25, 0.3) is 0 Å². The average molecular weight is 363 g/mol. The third-order valence-corrected chi connectivity index (χ3v) is 6.48. The van der Waals surface area contributed by atoms with E-state index in [0.29, 0.717) is 4.57 Å². The first kappa shape index (κ1) is 19.0. The number of aliphatic hydroxyl groups excluding tert-OH is 1. The maximum absolute atomic E-state index is 14.8. The molecule has 0 saturated carbocycles. The van der Waals surface area contributed by atoms with Crippen LogP contribution in [0.3, 0.4) is 0 Å². The molecule has 0 aliphatic carbocycles. The third-order valence-electron chi connectivity index (χ3n) is 4.30. The second-order valence-electron chi connectivity index (χ2n) is 5.86. The van der Waals surface area contributed by atoms with Crippen LogP contribution < -0.4 is 11.4 Å². The molecule has 1 aromatic rings. The zero-order valence-corrected chi connectivity index (χ0v) is 15.1. The SMILES string of the molecule is CCC(CC)[SiH2]OC1C(CO)OC(n2ccc(N)nc2=O)C1(F)F. The van der Waals surface area contributed by atoms with Crippen LogP contribution in [0.4, 0.5) is 14.6 Å². The molecule has 3 atom stereocenters. The van der Waals surface area contributed by atoms with E-state index in [1.54, 1.807) is 0 Å². The lowest BCUT2D eigenvalue weighted by Crippen LogP contribution is -2.44. The standard InChI is InChI=1S/C14H23F2N3O4Si/c1-3-8(4-2)24-23-11-9(7-20)22-12(14(11,15)16)19-6-5-10(17)18-13(19)21/h5-6,8-9,11-12,20H,3-4,7,24H2,1-2H3,(H2,17,18,21). The predicted octanol–water partition coefficient (Wildman–Crippen LogP) is 0.428. The molecule has 136 valence electrons. The summed E-state index contributed by atoms with van der Waals surface area (Å²) in [5.41, 5.74) is 4.72. The molecule has 1 aliphatic rings. The molecule has 1 aromatic heterocycles. The molecular weight excluding hydrogens is 340 g/mol. The Morgan fingerprint density at radius 3 is 2.75 bits per heavy atom. The van der Waals surface area contributed by atoms with Crippen molar-refractivity contribution in [3.05, 3.63) is 22.7 Å². The third kappa shape index (κ3) is 3.66. The zero-order valence-electron chi connectivity index (χ0n) is 13.7. The summed E-state index contributed by atoms with van der Waals surface area (Å²) in [4.78, 5) is 15.3. The number of anilines is 1. The molecule has 3 unspecified atom stereocenters. The molecule has 0 aromatic carbocycles. The lowest BCUT2D eigenvalue weighted by molar-refractivity contribution is -0.136. The van der Waals surface area contributed by atoms with Crippen LogP contribution in [0.2, 0.25) is 5.54 Å². The van der Waals surface area contributed by atoms with Gasteiger partial charge in [-0.15, -0.1) is 0 Å². The monoisotopic (exact) mass is 363 g/mol. The van der Waals surface area contributed by atoms with Crippen molar-refractivity contribution in [1.82, 2.24) is 9.55 Å². The highest BCUT2D eigenvalue weighted by Crippen LogP contribution is 2.44. The Balaban J connectivity index is 2.25. The highest BCUT2D eigenvalue weighted by Gasteiger charge is 2.60. The predicted molar refractivity (Wildman–Crippen MR) is 86.6 cm³/mol. The van der Waals surface area contributed by atoms with Crippen LogP contribution in [0.15, 0.2) is 17.1 Å². The van der Waals surface area contributed by atoms with E-state index < -0.39 is 46.4 Å². The van der Waals surface area contributed by atoms with E-state index in [4.69, 9.17) is 14.9 Å². The largest absolute Gasteiger partial charge is 0.412 e. The van der Waals surface area contributed by atoms with Crippen molar-refractivity contribution in [2.24, 2.45) is 0 Å². The van der Waals surface area contributed by atoms with Crippen molar-refractivity contribution < 1.29 is 23.1 Å². The van der Waals surface area contributed by atoms with Gasteiger partial charge in [0.05, 0.1) is 6.61 Å². The fraction of sp³-hybridized carbons (Fsp3) is 0.714. The van der Waals surface area contributed by atoms with Gasteiger partial charge in [0.2, 0.25) is 6.23 Å². The van der Waals surface area contributed by atoms with Gasteiger partial charge in [-0.2, -0.15) is 13.8 Å². The molecule has 10 heteroatoms. The van der Waals surface area contributed by atoms with Gasteiger partial charge >= 0.3 is 11.6 Å². The number of alkyl halides is 2. The van der Waals surface area contributed by atoms with Crippen LogP contribution >= 0.6 is 0 Å². The number of aliphatic hydroxyl groups is 1. The summed E-state index contributed by atoms with van der Waals surface area (Å²) in [6.07, 6.45) is -1.83. The van der Waals surface area contributed by atoms with Gasteiger partial charge in [0.1, 0.15) is 18.0 Å². The summed E-state index contributed by atoms with van der Waals surface area (Å²) >= 11 is 0. The fourth-order valence-electron chi connectivity index (χ4n) is 2.69. The number of halogens is 2. The molecule has 24 heavy (non-hydrogen) atoms. The molecule has 7 nitrogen and oxygen atoms in total. The summed E-state index contributed by atoms with van der Waals surface area (Å²) in [7, 11) is -1.23. The van der Waals surface area contributed by atoms with E-state index in [-0.39, 0.29) is 11.4 Å². The van der Waals surface area contributed by atoms with E-state index >= 15 is 0 Å². The zero-order chi connectivity index (χ0) is 17.9. The lowest BCUT2D eigenvalue weighted by atomic mass is 10.1. The van der Waals surface area contributed by atoms with Crippen LogP contribution in [0, 0.1) is 0 Å². The van der Waals surface area contributed by atoms with Crippen LogP contribution in [-0.2, 0) is 9.16 Å². The summed E-state index contributed by atoms with van der Waals surface area (Å²) in [5.74, 6) is -3.53. The maximum atomic E-state index is 14.8. The molecular formula is C14H23F2N3O4Si. The molecule has 2 heterocycles. The van der Waals surface area contributed by atoms with E-state index in [0.717, 1.165) is 19.0 Å². The first-order chi connectivity index (χ1) is 11.3. The van der Waals surface area contributed by atoms with E-state index in [2.05, 4.69) is 4.98 Å². The molecule has 0 amide bonds. The maximum Gasteiger partial charge on any atom is 0.351 e. The summed E-state index contributed by atoms with van der Waals surface area (Å²) in [6.45, 7) is 3.35. The fourth-order valence-corrected chi connectivity index (χ4v) is 4.08. The smallest absolute Gasteiger partial charge is 0.351 e. The van der Waals surface area contributed by atoms with Gasteiger partial charge in [0.15, 0.2) is 9.76 Å². The number of nitrogens with two attached hydrogens (primary N) is 1. The number of rotatable bonds is 7. The van der Waals surface area contributed by atoms with Gasteiger partial charge in [0.25, 0.3) is 0 Å². The number of nitrogens with zero attached hydrogens (tertiary/aromatic N) is 2. The molecule has 0 spiro atoms. The minimum atomic E-state index is -3.46. The van der Waals surface area contributed by atoms with E-state index in [1.165, 1.54) is 6.07 Å². The van der Waals surface area contributed by atoms with Crippen molar-refractivity contribution in [3.8, 4) is 0 Å². The highest BCUT2D eigenvalue weighted by atomic mass is 28.2. The second kappa shape index (κ2) is 7.68.